The van der Waals surface area contributed by atoms with Gasteiger partial charge in [0, 0.05) is 26.2 Å². The van der Waals surface area contributed by atoms with E-state index in [-0.39, 0.29) is 19.0 Å². The van der Waals surface area contributed by atoms with Crippen LogP contribution < -0.4 is 5.14 Å². The second-order valence-electron chi connectivity index (χ2n) is 4.08. The smallest absolute Gasteiger partial charge is 0.277 e. The summed E-state index contributed by atoms with van der Waals surface area (Å²) in [6.45, 7) is 1.03. The fourth-order valence-electron chi connectivity index (χ4n) is 1.84. The van der Waals surface area contributed by atoms with Crippen LogP contribution in [0.25, 0.3) is 0 Å². The van der Waals surface area contributed by atoms with Gasteiger partial charge in [0.05, 0.1) is 0 Å². The molecule has 1 amide bonds. The summed E-state index contributed by atoms with van der Waals surface area (Å²) in [7, 11) is -3.67. The minimum atomic E-state index is -3.67. The molecule has 0 atom stereocenters. The first-order valence-corrected chi connectivity index (χ1v) is 7.87. The van der Waals surface area contributed by atoms with Crippen LogP contribution in [0.2, 0.25) is 0 Å². The number of halogens is 1. The Morgan fingerprint density at radius 1 is 1.26 bits per heavy atom. The first kappa shape index (κ1) is 14.4. The highest BCUT2D eigenvalue weighted by molar-refractivity contribution is 9.10. The molecule has 1 fully saturated rings. The summed E-state index contributed by atoms with van der Waals surface area (Å²) in [5.74, 6) is -0.213. The number of aromatic nitrogens is 1. The first-order chi connectivity index (χ1) is 8.88. The van der Waals surface area contributed by atoms with Crippen LogP contribution in [0, 0.1) is 0 Å². The standard InChI is InChI=1S/C10H13BrN4O3S/c11-9-3-1-2-8(13-9)10(16)14-4-6-15(7-5-14)19(12,17)18/h1-3H,4-7H2,(H2,12,17,18). The Labute approximate surface area is 119 Å². The summed E-state index contributed by atoms with van der Waals surface area (Å²) >= 11 is 3.20. The molecular weight excluding hydrogens is 336 g/mol. The third-order valence-corrected chi connectivity index (χ3v) is 4.35. The van der Waals surface area contributed by atoms with Crippen molar-refractivity contribution in [1.29, 1.82) is 0 Å². The van der Waals surface area contributed by atoms with Gasteiger partial charge < -0.3 is 4.90 Å². The summed E-state index contributed by atoms with van der Waals surface area (Å²) in [5, 5.41) is 5.04. The van der Waals surface area contributed by atoms with Crippen LogP contribution in [0.3, 0.4) is 0 Å². The number of nitrogens with zero attached hydrogens (tertiary/aromatic N) is 3. The topological polar surface area (TPSA) is 96.6 Å². The maximum atomic E-state index is 12.2. The average Bonchev–Trinajstić information content (AvgIpc) is 2.37. The van der Waals surface area contributed by atoms with Crippen molar-refractivity contribution < 1.29 is 13.2 Å². The second-order valence-corrected chi connectivity index (χ2v) is 6.44. The zero-order chi connectivity index (χ0) is 14.0. The Morgan fingerprint density at radius 3 is 2.42 bits per heavy atom. The van der Waals surface area contributed by atoms with Crippen molar-refractivity contribution in [3.63, 3.8) is 0 Å². The van der Waals surface area contributed by atoms with Crippen molar-refractivity contribution in [3.05, 3.63) is 28.5 Å². The van der Waals surface area contributed by atoms with E-state index < -0.39 is 10.2 Å². The number of pyridine rings is 1. The summed E-state index contributed by atoms with van der Waals surface area (Å²) in [5.41, 5.74) is 0.332. The van der Waals surface area contributed by atoms with E-state index in [9.17, 15) is 13.2 Å². The largest absolute Gasteiger partial charge is 0.335 e. The molecule has 0 spiro atoms. The molecule has 1 aromatic rings. The zero-order valence-corrected chi connectivity index (χ0v) is 12.4. The lowest BCUT2D eigenvalue weighted by molar-refractivity contribution is 0.0691. The Hall–Kier alpha value is -1.03. The lowest BCUT2D eigenvalue weighted by atomic mass is 10.3. The molecular formula is C10H13BrN4O3S. The van der Waals surface area contributed by atoms with Crippen LogP contribution in [-0.4, -0.2) is 54.7 Å². The molecule has 2 N–H and O–H groups in total. The van der Waals surface area contributed by atoms with Crippen LogP contribution in [0.5, 0.6) is 0 Å². The maximum Gasteiger partial charge on any atom is 0.277 e. The first-order valence-electron chi connectivity index (χ1n) is 5.57. The summed E-state index contributed by atoms with van der Waals surface area (Å²) in [4.78, 5) is 17.8. The molecule has 0 aliphatic carbocycles. The molecule has 104 valence electrons. The molecule has 9 heteroatoms. The minimum Gasteiger partial charge on any atom is -0.335 e. The van der Waals surface area contributed by atoms with Crippen molar-refractivity contribution in [2.75, 3.05) is 26.2 Å². The van der Waals surface area contributed by atoms with Gasteiger partial charge in [-0.15, -0.1) is 0 Å². The van der Waals surface area contributed by atoms with Crippen LogP contribution in [0.4, 0.5) is 0 Å². The fraction of sp³-hybridized carbons (Fsp3) is 0.400. The van der Waals surface area contributed by atoms with Gasteiger partial charge in [-0.05, 0) is 28.1 Å². The summed E-state index contributed by atoms with van der Waals surface area (Å²) in [6, 6.07) is 5.08. The van der Waals surface area contributed by atoms with E-state index in [2.05, 4.69) is 20.9 Å². The van der Waals surface area contributed by atoms with Crippen LogP contribution in [0.15, 0.2) is 22.8 Å². The molecule has 1 aromatic heterocycles. The quantitative estimate of drug-likeness (QED) is 0.748. The zero-order valence-electron chi connectivity index (χ0n) is 9.99. The molecule has 0 aromatic carbocycles. The van der Waals surface area contributed by atoms with E-state index in [1.165, 1.54) is 0 Å². The van der Waals surface area contributed by atoms with Gasteiger partial charge in [0.1, 0.15) is 10.3 Å². The summed E-state index contributed by atoms with van der Waals surface area (Å²) < 4.78 is 24.1. The SMILES string of the molecule is NS(=O)(=O)N1CCN(C(=O)c2cccc(Br)n2)CC1. The van der Waals surface area contributed by atoms with Gasteiger partial charge >= 0.3 is 0 Å². The van der Waals surface area contributed by atoms with Crippen molar-refractivity contribution in [1.82, 2.24) is 14.2 Å². The lowest BCUT2D eigenvalue weighted by Gasteiger charge is -2.32. The fourth-order valence-corrected chi connectivity index (χ4v) is 2.85. The molecule has 7 nitrogen and oxygen atoms in total. The van der Waals surface area contributed by atoms with Gasteiger partial charge in [-0.25, -0.2) is 10.1 Å². The number of nitrogens with two attached hydrogens (primary N) is 1. The number of hydrogen-bond donors (Lipinski definition) is 1. The van der Waals surface area contributed by atoms with E-state index in [4.69, 9.17) is 5.14 Å². The van der Waals surface area contributed by atoms with Crippen molar-refractivity contribution in [2.45, 2.75) is 0 Å². The van der Waals surface area contributed by atoms with Gasteiger partial charge in [-0.2, -0.15) is 12.7 Å². The van der Waals surface area contributed by atoms with E-state index >= 15 is 0 Å². The highest BCUT2D eigenvalue weighted by Gasteiger charge is 2.27. The Morgan fingerprint density at radius 2 is 1.89 bits per heavy atom. The Kier molecular flexibility index (Phi) is 4.19. The Bertz CT molecular complexity index is 584. The number of carbonyl (C=O) groups excluding carboxylic acids is 1. The third kappa shape index (κ3) is 3.50. The molecule has 2 heterocycles. The van der Waals surface area contributed by atoms with Crippen molar-refractivity contribution in [2.24, 2.45) is 5.14 Å². The molecule has 1 saturated heterocycles. The van der Waals surface area contributed by atoms with Gasteiger partial charge in [0.2, 0.25) is 0 Å². The van der Waals surface area contributed by atoms with E-state index in [0.717, 1.165) is 4.31 Å². The number of piperazine rings is 1. The molecule has 19 heavy (non-hydrogen) atoms. The third-order valence-electron chi connectivity index (χ3n) is 2.82. The number of amides is 1. The highest BCUT2D eigenvalue weighted by Crippen LogP contribution is 2.11. The molecule has 0 unspecified atom stereocenters. The Balaban J connectivity index is 2.04. The van der Waals surface area contributed by atoms with Crippen molar-refractivity contribution in [3.8, 4) is 0 Å². The van der Waals surface area contributed by atoms with E-state index in [1.54, 1.807) is 23.1 Å². The second kappa shape index (κ2) is 5.53. The molecule has 2 rings (SSSR count). The number of rotatable bonds is 2. The van der Waals surface area contributed by atoms with Crippen LogP contribution in [-0.2, 0) is 10.2 Å². The van der Waals surface area contributed by atoms with Crippen LogP contribution >= 0.6 is 15.9 Å². The molecule has 0 radical (unpaired) electrons. The predicted molar refractivity (Wildman–Crippen MR) is 72.5 cm³/mol. The predicted octanol–water partition coefficient (Wildman–Crippen LogP) is -0.195. The van der Waals surface area contributed by atoms with E-state index in [1.807, 2.05) is 0 Å². The van der Waals surface area contributed by atoms with Gasteiger partial charge in [0.15, 0.2) is 0 Å². The van der Waals surface area contributed by atoms with Crippen molar-refractivity contribution >= 4 is 32.0 Å². The normalized spacial score (nSPS) is 17.5. The number of carbonyl (C=O) groups is 1. The molecule has 1 aliphatic heterocycles. The lowest BCUT2D eigenvalue weighted by Crippen LogP contribution is -2.52. The summed E-state index contributed by atoms with van der Waals surface area (Å²) in [6.07, 6.45) is 0. The number of hydrogen-bond acceptors (Lipinski definition) is 4. The molecule has 1 aliphatic rings. The van der Waals surface area contributed by atoms with Gasteiger partial charge in [0.25, 0.3) is 16.1 Å². The van der Waals surface area contributed by atoms with Gasteiger partial charge in [-0.1, -0.05) is 6.07 Å². The van der Waals surface area contributed by atoms with Crippen LogP contribution in [0.1, 0.15) is 10.5 Å². The molecule has 0 saturated carbocycles. The monoisotopic (exact) mass is 348 g/mol. The van der Waals surface area contributed by atoms with Gasteiger partial charge in [-0.3, -0.25) is 4.79 Å². The minimum absolute atomic E-state index is 0.207. The van der Waals surface area contributed by atoms with E-state index in [0.29, 0.717) is 23.4 Å². The average molecular weight is 349 g/mol. The maximum absolute atomic E-state index is 12.2. The highest BCUT2D eigenvalue weighted by atomic mass is 79.9. The molecule has 0 bridgehead atoms.